The number of anilines is 1. The molecule has 0 aliphatic carbocycles. The van der Waals surface area contributed by atoms with Crippen LogP contribution >= 0.6 is 0 Å². The topological polar surface area (TPSA) is 71.5 Å². The van der Waals surface area contributed by atoms with Crippen LogP contribution in [0.15, 0.2) is 18.3 Å². The highest BCUT2D eigenvalue weighted by Gasteiger charge is 2.08. The number of hydrogen-bond donors (Lipinski definition) is 2. The van der Waals surface area contributed by atoms with E-state index in [1.165, 1.54) is 0 Å². The van der Waals surface area contributed by atoms with Crippen LogP contribution in [-0.4, -0.2) is 29.2 Å². The lowest BCUT2D eigenvalue weighted by Gasteiger charge is -2.08. The number of pyridine rings is 1. The number of aliphatic hydroxyl groups excluding tert-OH is 1. The predicted octanol–water partition coefficient (Wildman–Crippen LogP) is 1.05. The van der Waals surface area contributed by atoms with Crippen molar-refractivity contribution in [1.82, 2.24) is 4.98 Å². The Balaban J connectivity index is 2.63. The minimum Gasteiger partial charge on any atom is -0.491 e. The van der Waals surface area contributed by atoms with Crippen LogP contribution < -0.4 is 10.1 Å². The molecular formula is C11H16N2O3. The van der Waals surface area contributed by atoms with Crippen LogP contribution in [0.1, 0.15) is 13.8 Å². The molecule has 1 aromatic heterocycles. The summed E-state index contributed by atoms with van der Waals surface area (Å²) in [6.07, 6.45) is 1.54. The maximum atomic E-state index is 11.4. The first-order valence-electron chi connectivity index (χ1n) is 5.14. The highest BCUT2D eigenvalue weighted by Crippen LogP contribution is 2.14. The summed E-state index contributed by atoms with van der Waals surface area (Å²) in [7, 11) is 0. The smallest absolute Gasteiger partial charge is 0.228 e. The van der Waals surface area contributed by atoms with Crippen molar-refractivity contribution in [3.63, 3.8) is 0 Å². The van der Waals surface area contributed by atoms with Gasteiger partial charge < -0.3 is 15.2 Å². The largest absolute Gasteiger partial charge is 0.491 e. The Morgan fingerprint density at radius 2 is 2.38 bits per heavy atom. The van der Waals surface area contributed by atoms with Gasteiger partial charge in [-0.3, -0.25) is 4.79 Å². The molecule has 2 N–H and O–H groups in total. The second-order valence-electron chi connectivity index (χ2n) is 3.59. The summed E-state index contributed by atoms with van der Waals surface area (Å²) in [5, 5.41) is 11.3. The van der Waals surface area contributed by atoms with Gasteiger partial charge in [0.25, 0.3) is 0 Å². The van der Waals surface area contributed by atoms with Gasteiger partial charge in [-0.15, -0.1) is 0 Å². The van der Waals surface area contributed by atoms with Crippen molar-refractivity contribution in [1.29, 1.82) is 0 Å². The molecule has 0 aliphatic rings. The summed E-state index contributed by atoms with van der Waals surface area (Å²) in [6, 6.07) is 3.29. The summed E-state index contributed by atoms with van der Waals surface area (Å²) in [4.78, 5) is 15.4. The summed E-state index contributed by atoms with van der Waals surface area (Å²) >= 11 is 0. The standard InChI is InChI=1S/C11H16N2O3/c1-8(2)11(15)13-10-7-9(3-4-12-10)16-6-5-14/h3-4,7-8,14H,5-6H2,1-2H3,(H,12,13,15). The van der Waals surface area contributed by atoms with Crippen LogP contribution in [0.4, 0.5) is 5.82 Å². The average molecular weight is 224 g/mol. The summed E-state index contributed by atoms with van der Waals surface area (Å²) in [5.41, 5.74) is 0. The SMILES string of the molecule is CC(C)C(=O)Nc1cc(OCCO)ccn1. The predicted molar refractivity (Wildman–Crippen MR) is 60.3 cm³/mol. The number of aliphatic hydroxyl groups is 1. The number of nitrogens with one attached hydrogen (secondary N) is 1. The van der Waals surface area contributed by atoms with E-state index in [0.717, 1.165) is 0 Å². The summed E-state index contributed by atoms with van der Waals surface area (Å²) in [6.45, 7) is 3.79. The molecule has 1 amide bonds. The van der Waals surface area contributed by atoms with Crippen molar-refractivity contribution in [2.24, 2.45) is 5.92 Å². The molecule has 1 heterocycles. The fourth-order valence-corrected chi connectivity index (χ4v) is 1.00. The first-order valence-corrected chi connectivity index (χ1v) is 5.14. The molecule has 0 fully saturated rings. The van der Waals surface area contributed by atoms with E-state index in [0.29, 0.717) is 11.6 Å². The van der Waals surface area contributed by atoms with Crippen LogP contribution in [0, 0.1) is 5.92 Å². The van der Waals surface area contributed by atoms with Crippen molar-refractivity contribution >= 4 is 11.7 Å². The molecule has 0 radical (unpaired) electrons. The van der Waals surface area contributed by atoms with Gasteiger partial charge in [-0.1, -0.05) is 13.8 Å². The number of nitrogens with zero attached hydrogens (tertiary/aromatic N) is 1. The van der Waals surface area contributed by atoms with Crippen molar-refractivity contribution in [2.45, 2.75) is 13.8 Å². The van der Waals surface area contributed by atoms with E-state index in [4.69, 9.17) is 9.84 Å². The Kier molecular flexibility index (Phi) is 4.72. The van der Waals surface area contributed by atoms with E-state index in [9.17, 15) is 4.79 Å². The zero-order chi connectivity index (χ0) is 12.0. The molecule has 0 aromatic carbocycles. The summed E-state index contributed by atoms with van der Waals surface area (Å²) < 4.78 is 5.20. The third-order valence-electron chi connectivity index (χ3n) is 1.87. The van der Waals surface area contributed by atoms with Gasteiger partial charge in [-0.25, -0.2) is 4.98 Å². The van der Waals surface area contributed by atoms with Gasteiger partial charge in [-0.05, 0) is 6.07 Å². The van der Waals surface area contributed by atoms with Crippen LogP contribution in [-0.2, 0) is 4.79 Å². The Hall–Kier alpha value is -1.62. The van der Waals surface area contributed by atoms with Crippen molar-refractivity contribution in [2.75, 3.05) is 18.5 Å². The fourth-order valence-electron chi connectivity index (χ4n) is 1.00. The van der Waals surface area contributed by atoms with E-state index < -0.39 is 0 Å². The van der Waals surface area contributed by atoms with Crippen LogP contribution in [0.3, 0.4) is 0 Å². The van der Waals surface area contributed by atoms with E-state index in [1.807, 2.05) is 0 Å². The molecular weight excluding hydrogens is 208 g/mol. The van der Waals surface area contributed by atoms with Crippen LogP contribution in [0.25, 0.3) is 0 Å². The van der Waals surface area contributed by atoms with Gasteiger partial charge >= 0.3 is 0 Å². The number of aromatic nitrogens is 1. The summed E-state index contributed by atoms with van der Waals surface area (Å²) in [5.74, 6) is 0.841. The molecule has 0 unspecified atom stereocenters. The highest BCUT2D eigenvalue weighted by molar-refractivity contribution is 5.91. The van der Waals surface area contributed by atoms with Gasteiger partial charge in [0, 0.05) is 18.2 Å². The average Bonchev–Trinajstić information content (AvgIpc) is 2.26. The van der Waals surface area contributed by atoms with E-state index in [-0.39, 0.29) is 25.0 Å². The maximum absolute atomic E-state index is 11.4. The van der Waals surface area contributed by atoms with Gasteiger partial charge in [0.15, 0.2) is 0 Å². The molecule has 0 bridgehead atoms. The lowest BCUT2D eigenvalue weighted by molar-refractivity contribution is -0.118. The molecule has 1 rings (SSSR count). The number of carbonyl (C=O) groups is 1. The van der Waals surface area contributed by atoms with Gasteiger partial charge in [0.05, 0.1) is 6.61 Å². The first-order chi connectivity index (χ1) is 7.63. The van der Waals surface area contributed by atoms with Gasteiger partial charge in [0.1, 0.15) is 18.2 Å². The number of amides is 1. The molecule has 5 heteroatoms. The quantitative estimate of drug-likeness (QED) is 0.784. The van der Waals surface area contributed by atoms with Crippen molar-refractivity contribution in [3.05, 3.63) is 18.3 Å². The van der Waals surface area contributed by atoms with E-state index in [2.05, 4.69) is 10.3 Å². The van der Waals surface area contributed by atoms with E-state index in [1.54, 1.807) is 32.2 Å². The Labute approximate surface area is 94.5 Å². The third kappa shape index (κ3) is 3.86. The molecule has 5 nitrogen and oxygen atoms in total. The second kappa shape index (κ2) is 6.07. The third-order valence-corrected chi connectivity index (χ3v) is 1.87. The zero-order valence-corrected chi connectivity index (χ0v) is 9.43. The number of ether oxygens (including phenoxy) is 1. The van der Waals surface area contributed by atoms with Gasteiger partial charge in [0.2, 0.25) is 5.91 Å². The van der Waals surface area contributed by atoms with Crippen LogP contribution in [0.5, 0.6) is 5.75 Å². The molecule has 88 valence electrons. The van der Waals surface area contributed by atoms with E-state index >= 15 is 0 Å². The number of hydrogen-bond acceptors (Lipinski definition) is 4. The highest BCUT2D eigenvalue weighted by atomic mass is 16.5. The lowest BCUT2D eigenvalue weighted by atomic mass is 10.2. The Bertz CT molecular complexity index is 353. The lowest BCUT2D eigenvalue weighted by Crippen LogP contribution is -2.18. The zero-order valence-electron chi connectivity index (χ0n) is 9.43. The molecule has 0 saturated heterocycles. The first kappa shape index (κ1) is 12.4. The fraction of sp³-hybridized carbons (Fsp3) is 0.455. The molecule has 0 saturated carbocycles. The molecule has 0 aliphatic heterocycles. The second-order valence-corrected chi connectivity index (χ2v) is 3.59. The number of rotatable bonds is 5. The maximum Gasteiger partial charge on any atom is 0.228 e. The molecule has 16 heavy (non-hydrogen) atoms. The van der Waals surface area contributed by atoms with Crippen molar-refractivity contribution in [3.8, 4) is 5.75 Å². The minimum absolute atomic E-state index is 0.0456. The molecule has 0 atom stereocenters. The van der Waals surface area contributed by atoms with Crippen molar-refractivity contribution < 1.29 is 14.6 Å². The Morgan fingerprint density at radius 1 is 1.62 bits per heavy atom. The molecule has 0 spiro atoms. The van der Waals surface area contributed by atoms with Gasteiger partial charge in [-0.2, -0.15) is 0 Å². The Morgan fingerprint density at radius 3 is 3.00 bits per heavy atom. The monoisotopic (exact) mass is 224 g/mol. The normalized spacial score (nSPS) is 10.2. The minimum atomic E-state index is -0.0937. The van der Waals surface area contributed by atoms with Crippen LogP contribution in [0.2, 0.25) is 0 Å². The number of carbonyl (C=O) groups excluding carboxylic acids is 1. The molecule has 1 aromatic rings.